The quantitative estimate of drug-likeness (QED) is 0.764. The zero-order valence-electron chi connectivity index (χ0n) is 11.3. The van der Waals surface area contributed by atoms with E-state index in [1.807, 2.05) is 0 Å². The molecule has 1 aromatic carbocycles. The molecule has 1 unspecified atom stereocenters. The largest absolute Gasteiger partial charge is 0.414 e. The van der Waals surface area contributed by atoms with Crippen LogP contribution in [-0.4, -0.2) is 35.6 Å². The lowest BCUT2D eigenvalue weighted by Crippen LogP contribution is -2.34. The molecular weight excluding hydrogens is 362 g/mol. The number of amides is 1. The van der Waals surface area contributed by atoms with Gasteiger partial charge in [-0.05, 0) is 24.1 Å². The predicted octanol–water partition coefficient (Wildman–Crippen LogP) is 3.66. The maximum Gasteiger partial charge on any atom is 0.414 e. The Morgan fingerprint density at radius 3 is 2.64 bits per heavy atom. The van der Waals surface area contributed by atoms with Crippen LogP contribution in [-0.2, 0) is 10.5 Å². The predicted molar refractivity (Wildman–Crippen MR) is 82.3 cm³/mol. The summed E-state index contributed by atoms with van der Waals surface area (Å²) in [5.74, 6) is 0.166. The van der Waals surface area contributed by atoms with Gasteiger partial charge in [0.1, 0.15) is 0 Å². The van der Waals surface area contributed by atoms with Gasteiger partial charge in [0.05, 0.1) is 5.75 Å². The van der Waals surface area contributed by atoms with Crippen molar-refractivity contribution in [2.75, 3.05) is 12.3 Å². The second kappa shape index (κ2) is 8.86. The van der Waals surface area contributed by atoms with Crippen molar-refractivity contribution in [1.29, 1.82) is 0 Å². The summed E-state index contributed by atoms with van der Waals surface area (Å²) in [7, 11) is 0. The molecule has 1 atom stereocenters. The van der Waals surface area contributed by atoms with Crippen molar-refractivity contribution >= 4 is 40.9 Å². The number of rotatable bonds is 7. The summed E-state index contributed by atoms with van der Waals surface area (Å²) in [6.07, 6.45) is -7.65. The van der Waals surface area contributed by atoms with Crippen LogP contribution in [0, 0.1) is 0 Å². The van der Waals surface area contributed by atoms with Crippen molar-refractivity contribution in [3.8, 4) is 0 Å². The van der Waals surface area contributed by atoms with E-state index < -0.39 is 24.6 Å². The van der Waals surface area contributed by atoms with Crippen LogP contribution in [0.25, 0.3) is 0 Å². The monoisotopic (exact) mass is 375 g/mol. The minimum Gasteiger partial charge on any atom is -0.384 e. The molecule has 22 heavy (non-hydrogen) atoms. The standard InChI is InChI=1S/C13H14Cl2F3NO2S/c14-9-2-1-8(10(15)5-9)6-22-7-12(21)19-4-3-11(20)13(16,17)18/h1-2,5,11,20H,3-4,6-7H2,(H,19,21). The number of hydrogen-bond donors (Lipinski definition) is 2. The first-order chi connectivity index (χ1) is 10.2. The molecule has 2 N–H and O–H groups in total. The molecule has 0 aromatic heterocycles. The Hall–Kier alpha value is -0.630. The summed E-state index contributed by atoms with van der Waals surface area (Å²) >= 11 is 13.0. The maximum absolute atomic E-state index is 12.0. The lowest BCUT2D eigenvalue weighted by Gasteiger charge is -2.14. The first-order valence-electron chi connectivity index (χ1n) is 6.23. The van der Waals surface area contributed by atoms with E-state index in [1.54, 1.807) is 18.2 Å². The second-order valence-electron chi connectivity index (χ2n) is 4.42. The van der Waals surface area contributed by atoms with Crippen LogP contribution in [0.4, 0.5) is 13.2 Å². The van der Waals surface area contributed by atoms with Crippen LogP contribution in [0.1, 0.15) is 12.0 Å². The number of carbonyl (C=O) groups excluding carboxylic acids is 1. The van der Waals surface area contributed by atoms with Crippen molar-refractivity contribution in [3.63, 3.8) is 0 Å². The van der Waals surface area contributed by atoms with E-state index in [9.17, 15) is 18.0 Å². The number of carbonyl (C=O) groups is 1. The normalized spacial score (nSPS) is 13.0. The number of hydrogen-bond acceptors (Lipinski definition) is 3. The first-order valence-corrected chi connectivity index (χ1v) is 8.14. The molecule has 9 heteroatoms. The Kier molecular flexibility index (Phi) is 7.82. The number of nitrogens with one attached hydrogen (secondary N) is 1. The van der Waals surface area contributed by atoms with Crippen molar-refractivity contribution in [2.45, 2.75) is 24.5 Å². The molecule has 0 bridgehead atoms. The Bertz CT molecular complexity index is 515. The van der Waals surface area contributed by atoms with E-state index >= 15 is 0 Å². The van der Waals surface area contributed by atoms with E-state index in [-0.39, 0.29) is 12.3 Å². The molecule has 0 radical (unpaired) electrons. The van der Waals surface area contributed by atoms with Crippen LogP contribution in [0.3, 0.4) is 0 Å². The molecule has 3 nitrogen and oxygen atoms in total. The van der Waals surface area contributed by atoms with Gasteiger partial charge in [-0.2, -0.15) is 13.2 Å². The molecule has 0 aliphatic heterocycles. The molecule has 0 spiro atoms. The average Bonchev–Trinajstić information content (AvgIpc) is 2.40. The summed E-state index contributed by atoms with van der Waals surface area (Å²) in [5.41, 5.74) is 0.816. The molecule has 1 amide bonds. The number of benzene rings is 1. The average molecular weight is 376 g/mol. The lowest BCUT2D eigenvalue weighted by molar-refractivity contribution is -0.205. The first kappa shape index (κ1) is 19.4. The molecule has 0 aliphatic rings. The molecular formula is C13H14Cl2F3NO2S. The van der Waals surface area contributed by atoms with E-state index in [4.69, 9.17) is 28.3 Å². The smallest absolute Gasteiger partial charge is 0.384 e. The third-order valence-electron chi connectivity index (χ3n) is 2.62. The molecule has 1 aromatic rings. The van der Waals surface area contributed by atoms with Crippen molar-refractivity contribution < 1.29 is 23.1 Å². The van der Waals surface area contributed by atoms with Gasteiger partial charge in [0.25, 0.3) is 0 Å². The maximum atomic E-state index is 12.0. The van der Waals surface area contributed by atoms with Gasteiger partial charge in [-0.1, -0.05) is 29.3 Å². The van der Waals surface area contributed by atoms with Crippen LogP contribution >= 0.6 is 35.0 Å². The minimum absolute atomic E-state index is 0.0844. The summed E-state index contributed by atoms with van der Waals surface area (Å²) in [5, 5.41) is 12.1. The minimum atomic E-state index is -4.66. The van der Waals surface area contributed by atoms with E-state index in [0.717, 1.165) is 5.56 Å². The molecule has 0 aliphatic carbocycles. The van der Waals surface area contributed by atoms with Gasteiger partial charge in [0.2, 0.25) is 5.91 Å². The Morgan fingerprint density at radius 2 is 2.05 bits per heavy atom. The van der Waals surface area contributed by atoms with Crippen LogP contribution < -0.4 is 5.32 Å². The van der Waals surface area contributed by atoms with Gasteiger partial charge >= 0.3 is 6.18 Å². The van der Waals surface area contributed by atoms with Gasteiger partial charge in [0.15, 0.2) is 6.10 Å². The number of aliphatic hydroxyl groups excluding tert-OH is 1. The highest BCUT2D eigenvalue weighted by molar-refractivity contribution is 7.99. The van der Waals surface area contributed by atoms with E-state index in [2.05, 4.69) is 5.32 Å². The fourth-order valence-electron chi connectivity index (χ4n) is 1.46. The zero-order chi connectivity index (χ0) is 16.8. The number of alkyl halides is 3. The third kappa shape index (κ3) is 7.09. The second-order valence-corrected chi connectivity index (χ2v) is 6.25. The van der Waals surface area contributed by atoms with Crippen LogP contribution in [0.15, 0.2) is 18.2 Å². The molecule has 1 rings (SSSR count). The van der Waals surface area contributed by atoms with Crippen molar-refractivity contribution in [2.24, 2.45) is 0 Å². The number of thioether (sulfide) groups is 1. The SMILES string of the molecule is O=C(CSCc1ccc(Cl)cc1Cl)NCCC(O)C(F)(F)F. The highest BCUT2D eigenvalue weighted by atomic mass is 35.5. The van der Waals surface area contributed by atoms with Crippen LogP contribution in [0.2, 0.25) is 10.0 Å². The number of halogens is 5. The topological polar surface area (TPSA) is 49.3 Å². The van der Waals surface area contributed by atoms with Crippen molar-refractivity contribution in [1.82, 2.24) is 5.32 Å². The highest BCUT2D eigenvalue weighted by Gasteiger charge is 2.37. The van der Waals surface area contributed by atoms with Gasteiger partial charge < -0.3 is 10.4 Å². The summed E-state index contributed by atoms with van der Waals surface area (Å²) in [6.45, 7) is -0.234. The summed E-state index contributed by atoms with van der Waals surface area (Å²) < 4.78 is 36.1. The lowest BCUT2D eigenvalue weighted by atomic mass is 10.2. The van der Waals surface area contributed by atoms with Gasteiger partial charge in [-0.25, -0.2) is 0 Å². The zero-order valence-corrected chi connectivity index (χ0v) is 13.6. The molecule has 0 fully saturated rings. The molecule has 0 saturated heterocycles. The van der Waals surface area contributed by atoms with E-state index in [1.165, 1.54) is 11.8 Å². The Labute approximate surface area is 140 Å². The van der Waals surface area contributed by atoms with Gasteiger partial charge in [0, 0.05) is 22.3 Å². The molecule has 124 valence electrons. The summed E-state index contributed by atoms with van der Waals surface area (Å²) in [6, 6.07) is 5.02. The fourth-order valence-corrected chi connectivity index (χ4v) is 2.87. The molecule has 0 saturated carbocycles. The van der Waals surface area contributed by atoms with E-state index in [0.29, 0.717) is 15.8 Å². The van der Waals surface area contributed by atoms with Crippen LogP contribution in [0.5, 0.6) is 0 Å². The third-order valence-corrected chi connectivity index (χ3v) is 4.19. The van der Waals surface area contributed by atoms with Crippen molar-refractivity contribution in [3.05, 3.63) is 33.8 Å². The fraction of sp³-hybridized carbons (Fsp3) is 0.462. The Balaban J connectivity index is 2.24. The van der Waals surface area contributed by atoms with Gasteiger partial charge in [-0.3, -0.25) is 4.79 Å². The Morgan fingerprint density at radius 1 is 1.36 bits per heavy atom. The van der Waals surface area contributed by atoms with Gasteiger partial charge in [-0.15, -0.1) is 11.8 Å². The number of aliphatic hydroxyl groups is 1. The molecule has 0 heterocycles. The summed E-state index contributed by atoms with van der Waals surface area (Å²) in [4.78, 5) is 11.5. The highest BCUT2D eigenvalue weighted by Crippen LogP contribution is 2.24.